The van der Waals surface area contributed by atoms with E-state index in [0.717, 1.165) is 24.7 Å². The fourth-order valence-electron chi connectivity index (χ4n) is 7.92. The van der Waals surface area contributed by atoms with E-state index in [9.17, 15) is 0 Å². The molecule has 0 amide bonds. The van der Waals surface area contributed by atoms with Gasteiger partial charge in [-0.15, -0.1) is 0 Å². The zero-order chi connectivity index (χ0) is 20.1. The first-order chi connectivity index (χ1) is 14.0. The minimum absolute atomic E-state index is 0.395. The molecule has 4 heteroatoms. The highest BCUT2D eigenvalue weighted by Crippen LogP contribution is 2.68. The lowest BCUT2D eigenvalue weighted by molar-refractivity contribution is -0.0803. The summed E-state index contributed by atoms with van der Waals surface area (Å²) in [6.07, 6.45) is 13.8. The molecule has 4 bridgehead atoms. The van der Waals surface area contributed by atoms with E-state index in [0.29, 0.717) is 28.8 Å². The molecule has 1 aromatic rings. The number of rotatable bonds is 5. The molecule has 2 unspecified atom stereocenters. The molecular formula is C25H36N2S2. The van der Waals surface area contributed by atoms with Crippen molar-refractivity contribution in [2.24, 2.45) is 28.9 Å². The summed E-state index contributed by atoms with van der Waals surface area (Å²) in [4.78, 5) is 1.20. The van der Waals surface area contributed by atoms with Crippen LogP contribution < -0.4 is 11.1 Å². The molecule has 2 nitrogen and oxygen atoms in total. The lowest BCUT2D eigenvalue weighted by Crippen LogP contribution is -2.61. The van der Waals surface area contributed by atoms with Crippen LogP contribution in [-0.2, 0) is 5.41 Å². The fourth-order valence-corrected chi connectivity index (χ4v) is 9.42. The van der Waals surface area contributed by atoms with Gasteiger partial charge in [0.25, 0.3) is 0 Å². The van der Waals surface area contributed by atoms with Crippen molar-refractivity contribution in [3.63, 3.8) is 0 Å². The Hall–Kier alpha value is -0.580. The van der Waals surface area contributed by atoms with Gasteiger partial charge in [0.05, 0.1) is 4.99 Å². The van der Waals surface area contributed by atoms with E-state index >= 15 is 0 Å². The van der Waals surface area contributed by atoms with Crippen LogP contribution in [0.2, 0.25) is 0 Å². The van der Waals surface area contributed by atoms with Crippen molar-refractivity contribution in [3.05, 3.63) is 35.9 Å². The average molecular weight is 429 g/mol. The molecule has 0 aliphatic heterocycles. The lowest BCUT2D eigenvalue weighted by Gasteiger charge is -2.65. The van der Waals surface area contributed by atoms with Gasteiger partial charge in [-0.25, -0.2) is 0 Å². The Balaban J connectivity index is 1.38. The standard InChI is InChI=1S/C25H36N2S2/c1-29-16-24-11-17-13-25(15-24,19-5-3-2-4-6-19)14-18(12-24)22(17)23(28)27-21-9-7-20(26)8-10-21/h2-6,17-18,20-22H,7-16,26H2,1H3,(H,27,28)/t17?,18?,20-,21-,22?,24?,25?. The molecule has 6 rings (SSSR count). The maximum atomic E-state index is 6.12. The van der Waals surface area contributed by atoms with Gasteiger partial charge in [0.15, 0.2) is 0 Å². The second-order valence-corrected chi connectivity index (χ2v) is 12.0. The summed E-state index contributed by atoms with van der Waals surface area (Å²) in [5, 5.41) is 3.83. The van der Waals surface area contributed by atoms with Crippen LogP contribution in [0.15, 0.2) is 30.3 Å². The Morgan fingerprint density at radius 3 is 2.34 bits per heavy atom. The van der Waals surface area contributed by atoms with Crippen LogP contribution in [0.4, 0.5) is 0 Å². The number of hydrogen-bond donors (Lipinski definition) is 2. The Labute approximate surface area is 186 Å². The normalized spacial score (nSPS) is 43.3. The highest BCUT2D eigenvalue weighted by Gasteiger charge is 2.61. The van der Waals surface area contributed by atoms with Gasteiger partial charge in [0.2, 0.25) is 0 Å². The van der Waals surface area contributed by atoms with Crippen LogP contribution in [0.25, 0.3) is 0 Å². The highest BCUT2D eigenvalue weighted by molar-refractivity contribution is 7.98. The van der Waals surface area contributed by atoms with Gasteiger partial charge >= 0.3 is 0 Å². The minimum atomic E-state index is 0.395. The van der Waals surface area contributed by atoms with Gasteiger partial charge in [-0.05, 0) is 98.0 Å². The molecule has 2 atom stereocenters. The summed E-state index contributed by atoms with van der Waals surface area (Å²) in [7, 11) is 0. The summed E-state index contributed by atoms with van der Waals surface area (Å²) < 4.78 is 0. The number of hydrogen-bond acceptors (Lipinski definition) is 3. The molecular weight excluding hydrogens is 392 g/mol. The van der Waals surface area contributed by atoms with Crippen LogP contribution in [0, 0.1) is 23.2 Å². The largest absolute Gasteiger partial charge is 0.377 e. The first kappa shape index (κ1) is 20.3. The van der Waals surface area contributed by atoms with Crippen LogP contribution in [0.5, 0.6) is 0 Å². The lowest BCUT2D eigenvalue weighted by atomic mass is 9.40. The van der Waals surface area contributed by atoms with Crippen LogP contribution in [-0.4, -0.2) is 29.1 Å². The first-order valence-electron chi connectivity index (χ1n) is 11.6. The highest BCUT2D eigenvalue weighted by atomic mass is 32.2. The van der Waals surface area contributed by atoms with Crippen molar-refractivity contribution in [1.29, 1.82) is 0 Å². The molecule has 5 fully saturated rings. The second kappa shape index (κ2) is 7.84. The number of benzene rings is 1. The number of nitrogens with one attached hydrogen (secondary N) is 1. The summed E-state index contributed by atoms with van der Waals surface area (Å²) in [6.45, 7) is 0. The maximum Gasteiger partial charge on any atom is 0.0792 e. The van der Waals surface area contributed by atoms with E-state index in [1.807, 2.05) is 0 Å². The third kappa shape index (κ3) is 3.68. The molecule has 0 heterocycles. The molecule has 0 saturated heterocycles. The molecule has 0 radical (unpaired) electrons. The Kier molecular flexibility index (Phi) is 5.49. The average Bonchev–Trinajstić information content (AvgIpc) is 2.69. The van der Waals surface area contributed by atoms with Crippen LogP contribution in [0.1, 0.15) is 63.4 Å². The summed E-state index contributed by atoms with van der Waals surface area (Å²) in [5.74, 6) is 3.44. The summed E-state index contributed by atoms with van der Waals surface area (Å²) >= 11 is 8.16. The topological polar surface area (TPSA) is 38.0 Å². The van der Waals surface area contributed by atoms with E-state index in [4.69, 9.17) is 18.0 Å². The molecule has 5 saturated carbocycles. The number of nitrogens with two attached hydrogens (primary N) is 1. The molecule has 5 aliphatic carbocycles. The summed E-state index contributed by atoms with van der Waals surface area (Å²) in [5.41, 5.74) is 8.64. The minimum Gasteiger partial charge on any atom is -0.377 e. The molecule has 29 heavy (non-hydrogen) atoms. The quantitative estimate of drug-likeness (QED) is 0.624. The van der Waals surface area contributed by atoms with E-state index in [-0.39, 0.29) is 0 Å². The molecule has 3 N–H and O–H groups in total. The van der Waals surface area contributed by atoms with Crippen molar-refractivity contribution >= 4 is 29.0 Å². The van der Waals surface area contributed by atoms with Gasteiger partial charge < -0.3 is 11.1 Å². The van der Waals surface area contributed by atoms with Gasteiger partial charge in [0, 0.05) is 18.0 Å². The maximum absolute atomic E-state index is 6.12. The molecule has 0 spiro atoms. The van der Waals surface area contributed by atoms with E-state index in [1.54, 1.807) is 5.56 Å². The van der Waals surface area contributed by atoms with Gasteiger partial charge in [-0.1, -0.05) is 42.5 Å². The van der Waals surface area contributed by atoms with E-state index in [2.05, 4.69) is 53.7 Å². The molecule has 0 aromatic heterocycles. The van der Waals surface area contributed by atoms with E-state index < -0.39 is 0 Å². The number of thiocarbonyl (C=S) groups is 1. The van der Waals surface area contributed by atoms with E-state index in [1.165, 1.54) is 55.7 Å². The molecule has 5 aliphatic rings. The van der Waals surface area contributed by atoms with Crippen molar-refractivity contribution < 1.29 is 0 Å². The Morgan fingerprint density at radius 2 is 1.72 bits per heavy atom. The van der Waals surface area contributed by atoms with Crippen molar-refractivity contribution in [2.75, 3.05) is 12.0 Å². The van der Waals surface area contributed by atoms with Crippen molar-refractivity contribution in [2.45, 2.75) is 75.3 Å². The van der Waals surface area contributed by atoms with Gasteiger partial charge in [-0.3, -0.25) is 0 Å². The third-order valence-electron chi connectivity index (χ3n) is 8.68. The zero-order valence-electron chi connectivity index (χ0n) is 17.7. The molecule has 1 aromatic carbocycles. The summed E-state index contributed by atoms with van der Waals surface area (Å²) in [6, 6.07) is 12.4. The fraction of sp³-hybridized carbons (Fsp3) is 0.720. The monoisotopic (exact) mass is 428 g/mol. The van der Waals surface area contributed by atoms with Gasteiger partial charge in [0.1, 0.15) is 0 Å². The Bertz CT molecular complexity index is 724. The molecule has 158 valence electrons. The predicted octanol–water partition coefficient (Wildman–Crippen LogP) is 5.30. The Morgan fingerprint density at radius 1 is 1.07 bits per heavy atom. The third-order valence-corrected chi connectivity index (χ3v) is 9.97. The SMILES string of the molecule is CSCC12CC3CC(c4ccccc4)(CC(C1)C3C(=S)N[C@H]1CC[C@H](N)CC1)C2. The number of thioether (sulfide) groups is 1. The van der Waals surface area contributed by atoms with Gasteiger partial charge in [-0.2, -0.15) is 11.8 Å². The van der Waals surface area contributed by atoms with Crippen LogP contribution >= 0.6 is 24.0 Å². The smallest absolute Gasteiger partial charge is 0.0792 e. The predicted molar refractivity (Wildman–Crippen MR) is 128 cm³/mol. The second-order valence-electron chi connectivity index (χ2n) is 10.7. The van der Waals surface area contributed by atoms with Crippen LogP contribution in [0.3, 0.4) is 0 Å². The zero-order valence-corrected chi connectivity index (χ0v) is 19.4. The first-order valence-corrected chi connectivity index (χ1v) is 13.4. The van der Waals surface area contributed by atoms with Crippen molar-refractivity contribution in [3.8, 4) is 0 Å². The van der Waals surface area contributed by atoms with Crippen molar-refractivity contribution in [1.82, 2.24) is 5.32 Å².